The van der Waals surface area contributed by atoms with E-state index in [1.807, 2.05) is 25.1 Å². The van der Waals surface area contributed by atoms with Gasteiger partial charge in [-0.25, -0.2) is 0 Å². The molecular formula is C17H16N2O2. The molecule has 0 unspecified atom stereocenters. The topological polar surface area (TPSA) is 49.4 Å². The first kappa shape index (κ1) is 12.1. The Labute approximate surface area is 122 Å². The van der Waals surface area contributed by atoms with E-state index < -0.39 is 0 Å². The van der Waals surface area contributed by atoms with E-state index >= 15 is 0 Å². The summed E-state index contributed by atoms with van der Waals surface area (Å²) >= 11 is 0. The number of ether oxygens (including phenoxy) is 2. The molecule has 0 amide bonds. The van der Waals surface area contributed by atoms with Gasteiger partial charge in [-0.3, -0.25) is 0 Å². The smallest absolute Gasteiger partial charge is 0.231 e. The molecule has 0 bridgehead atoms. The molecule has 1 aromatic heterocycles. The SMILES string of the molecule is Cc1ccc2c(N)c(C)n(-c3ccc4c(c3)OCO4)c2c1. The minimum Gasteiger partial charge on any atom is -0.454 e. The van der Waals surface area contributed by atoms with Crippen LogP contribution in [-0.2, 0) is 0 Å². The van der Waals surface area contributed by atoms with Crippen LogP contribution < -0.4 is 15.2 Å². The van der Waals surface area contributed by atoms with E-state index in [1.165, 1.54) is 5.56 Å². The van der Waals surface area contributed by atoms with Crippen molar-refractivity contribution in [1.82, 2.24) is 4.57 Å². The summed E-state index contributed by atoms with van der Waals surface area (Å²) in [6.07, 6.45) is 0. The predicted octanol–water partition coefficient (Wildman–Crippen LogP) is 3.56. The van der Waals surface area contributed by atoms with Crippen molar-refractivity contribution >= 4 is 16.6 Å². The molecule has 3 aromatic rings. The van der Waals surface area contributed by atoms with Crippen LogP contribution in [0.3, 0.4) is 0 Å². The highest BCUT2D eigenvalue weighted by molar-refractivity contribution is 5.95. The fraction of sp³-hybridized carbons (Fsp3) is 0.176. The molecule has 0 radical (unpaired) electrons. The maximum atomic E-state index is 6.26. The number of benzene rings is 2. The van der Waals surface area contributed by atoms with Gasteiger partial charge in [0.1, 0.15) is 0 Å². The van der Waals surface area contributed by atoms with Gasteiger partial charge < -0.3 is 19.8 Å². The van der Waals surface area contributed by atoms with E-state index in [1.54, 1.807) is 0 Å². The van der Waals surface area contributed by atoms with Crippen LogP contribution in [0.25, 0.3) is 16.6 Å². The van der Waals surface area contributed by atoms with E-state index in [-0.39, 0.29) is 6.79 Å². The number of hydrogen-bond donors (Lipinski definition) is 1. The highest BCUT2D eigenvalue weighted by Crippen LogP contribution is 2.37. The second kappa shape index (κ2) is 4.19. The lowest BCUT2D eigenvalue weighted by molar-refractivity contribution is 0.174. The van der Waals surface area contributed by atoms with Crippen molar-refractivity contribution in [3.05, 3.63) is 47.7 Å². The van der Waals surface area contributed by atoms with Gasteiger partial charge in [0.15, 0.2) is 11.5 Å². The number of aryl methyl sites for hydroxylation is 1. The summed E-state index contributed by atoms with van der Waals surface area (Å²) in [6, 6.07) is 12.3. The average molecular weight is 280 g/mol. The van der Waals surface area contributed by atoms with Gasteiger partial charge in [0, 0.05) is 22.8 Å². The number of rotatable bonds is 1. The molecule has 2 heterocycles. The zero-order valence-electron chi connectivity index (χ0n) is 12.0. The van der Waals surface area contributed by atoms with Gasteiger partial charge in [-0.2, -0.15) is 0 Å². The van der Waals surface area contributed by atoms with E-state index in [0.717, 1.165) is 39.5 Å². The zero-order chi connectivity index (χ0) is 14.6. The minimum atomic E-state index is 0.283. The summed E-state index contributed by atoms with van der Waals surface area (Å²) in [7, 11) is 0. The number of hydrogen-bond acceptors (Lipinski definition) is 3. The molecule has 4 heteroatoms. The number of nitrogen functional groups attached to an aromatic ring is 1. The number of anilines is 1. The van der Waals surface area contributed by atoms with Gasteiger partial charge in [-0.1, -0.05) is 12.1 Å². The summed E-state index contributed by atoms with van der Waals surface area (Å²) in [5.74, 6) is 1.57. The summed E-state index contributed by atoms with van der Waals surface area (Å²) in [6.45, 7) is 4.41. The Morgan fingerprint density at radius 3 is 2.67 bits per heavy atom. The van der Waals surface area contributed by atoms with Crippen LogP contribution in [0.4, 0.5) is 5.69 Å². The molecular weight excluding hydrogens is 264 g/mol. The van der Waals surface area contributed by atoms with Gasteiger partial charge in [0.2, 0.25) is 6.79 Å². The van der Waals surface area contributed by atoms with E-state index in [0.29, 0.717) is 0 Å². The van der Waals surface area contributed by atoms with E-state index in [9.17, 15) is 0 Å². The van der Waals surface area contributed by atoms with Crippen LogP contribution in [0.5, 0.6) is 11.5 Å². The molecule has 2 N–H and O–H groups in total. The first-order valence-corrected chi connectivity index (χ1v) is 6.92. The quantitative estimate of drug-likeness (QED) is 0.741. The summed E-state index contributed by atoms with van der Waals surface area (Å²) < 4.78 is 13.0. The molecule has 0 saturated carbocycles. The van der Waals surface area contributed by atoms with Gasteiger partial charge in [0.05, 0.1) is 11.2 Å². The van der Waals surface area contributed by atoms with Crippen molar-refractivity contribution in [3.63, 3.8) is 0 Å². The number of nitrogens with two attached hydrogens (primary N) is 1. The molecule has 4 nitrogen and oxygen atoms in total. The Morgan fingerprint density at radius 1 is 1.00 bits per heavy atom. The summed E-state index contributed by atoms with van der Waals surface area (Å²) in [4.78, 5) is 0. The Hall–Kier alpha value is -2.62. The fourth-order valence-electron chi connectivity index (χ4n) is 2.91. The van der Waals surface area contributed by atoms with Gasteiger partial charge in [-0.15, -0.1) is 0 Å². The standard InChI is InChI=1S/C17H16N2O2/c1-10-3-5-13-14(7-10)19(11(2)17(13)18)12-4-6-15-16(8-12)21-9-20-15/h3-8H,9,18H2,1-2H3. The van der Waals surface area contributed by atoms with E-state index in [2.05, 4.69) is 29.7 Å². The minimum absolute atomic E-state index is 0.283. The number of fused-ring (bicyclic) bond motifs is 2. The normalized spacial score (nSPS) is 13.0. The lowest BCUT2D eigenvalue weighted by atomic mass is 10.1. The van der Waals surface area contributed by atoms with Crippen molar-refractivity contribution in [2.45, 2.75) is 13.8 Å². The highest BCUT2D eigenvalue weighted by Gasteiger charge is 2.17. The zero-order valence-corrected chi connectivity index (χ0v) is 12.0. The molecule has 0 fully saturated rings. The van der Waals surface area contributed by atoms with Gasteiger partial charge in [0.25, 0.3) is 0 Å². The highest BCUT2D eigenvalue weighted by atomic mass is 16.7. The monoisotopic (exact) mass is 280 g/mol. The van der Waals surface area contributed by atoms with Crippen molar-refractivity contribution in [1.29, 1.82) is 0 Å². The summed E-state index contributed by atoms with van der Waals surface area (Å²) in [5, 5.41) is 1.08. The van der Waals surface area contributed by atoms with Crippen LogP contribution in [0.15, 0.2) is 36.4 Å². The van der Waals surface area contributed by atoms with Gasteiger partial charge >= 0.3 is 0 Å². The van der Waals surface area contributed by atoms with Crippen LogP contribution in [-0.4, -0.2) is 11.4 Å². The predicted molar refractivity (Wildman–Crippen MR) is 83.3 cm³/mol. The van der Waals surface area contributed by atoms with Crippen LogP contribution in [0.1, 0.15) is 11.3 Å². The lowest BCUT2D eigenvalue weighted by Gasteiger charge is -2.09. The fourth-order valence-corrected chi connectivity index (χ4v) is 2.91. The second-order valence-electron chi connectivity index (χ2n) is 5.39. The average Bonchev–Trinajstić information content (AvgIpc) is 3.02. The Kier molecular flexibility index (Phi) is 2.42. The third-order valence-corrected chi connectivity index (χ3v) is 4.02. The third-order valence-electron chi connectivity index (χ3n) is 4.02. The van der Waals surface area contributed by atoms with Crippen molar-refractivity contribution in [2.24, 2.45) is 0 Å². The summed E-state index contributed by atoms with van der Waals surface area (Å²) in [5.41, 5.74) is 11.5. The molecule has 1 aliphatic heterocycles. The molecule has 106 valence electrons. The Balaban J connectivity index is 2.02. The second-order valence-corrected chi connectivity index (χ2v) is 5.39. The van der Waals surface area contributed by atoms with Crippen LogP contribution in [0, 0.1) is 13.8 Å². The first-order valence-electron chi connectivity index (χ1n) is 6.92. The number of aromatic nitrogens is 1. The van der Waals surface area contributed by atoms with Crippen molar-refractivity contribution in [3.8, 4) is 17.2 Å². The van der Waals surface area contributed by atoms with Crippen LogP contribution >= 0.6 is 0 Å². The molecule has 2 aromatic carbocycles. The maximum absolute atomic E-state index is 6.26. The Bertz CT molecular complexity index is 865. The molecule has 1 aliphatic rings. The molecule has 0 aliphatic carbocycles. The largest absolute Gasteiger partial charge is 0.454 e. The molecule has 0 spiro atoms. The maximum Gasteiger partial charge on any atom is 0.231 e. The lowest BCUT2D eigenvalue weighted by Crippen LogP contribution is -1.97. The van der Waals surface area contributed by atoms with E-state index in [4.69, 9.17) is 15.2 Å². The van der Waals surface area contributed by atoms with Crippen molar-refractivity contribution < 1.29 is 9.47 Å². The third kappa shape index (κ3) is 1.69. The molecule has 21 heavy (non-hydrogen) atoms. The molecule has 0 atom stereocenters. The van der Waals surface area contributed by atoms with Crippen LogP contribution in [0.2, 0.25) is 0 Å². The molecule has 4 rings (SSSR count). The molecule has 0 saturated heterocycles. The number of nitrogens with zero attached hydrogens (tertiary/aromatic N) is 1. The van der Waals surface area contributed by atoms with Crippen molar-refractivity contribution in [2.75, 3.05) is 12.5 Å². The first-order chi connectivity index (χ1) is 10.1. The van der Waals surface area contributed by atoms with Gasteiger partial charge in [-0.05, 0) is 37.6 Å². The Morgan fingerprint density at radius 2 is 1.81 bits per heavy atom.